The normalized spacial score (nSPS) is 9.93. The monoisotopic (exact) mass is 201 g/mol. The fourth-order valence-electron chi connectivity index (χ4n) is 0.760. The van der Waals surface area contributed by atoms with Crippen molar-refractivity contribution in [2.75, 3.05) is 19.8 Å². The highest BCUT2D eigenvalue weighted by Crippen LogP contribution is 1.86. The van der Waals surface area contributed by atoms with E-state index in [2.05, 4.69) is 11.9 Å². The quantitative estimate of drug-likeness (QED) is 0.472. The van der Waals surface area contributed by atoms with Crippen LogP contribution in [0.4, 0.5) is 0 Å². The van der Waals surface area contributed by atoms with Gasteiger partial charge in [-0.05, 0) is 20.3 Å². The summed E-state index contributed by atoms with van der Waals surface area (Å²) in [6, 6.07) is 0. The summed E-state index contributed by atoms with van der Waals surface area (Å²) in [5, 5.41) is 2.72. The van der Waals surface area contributed by atoms with E-state index in [-0.39, 0.29) is 18.6 Å². The third kappa shape index (κ3) is 9.06. The minimum atomic E-state index is -0.0858. The summed E-state index contributed by atoms with van der Waals surface area (Å²) >= 11 is 0. The highest BCUT2D eigenvalue weighted by atomic mass is 16.5. The molecular formula is C10H19NO3. The summed E-state index contributed by atoms with van der Waals surface area (Å²) in [5.41, 5.74) is 0. The van der Waals surface area contributed by atoms with E-state index in [1.807, 2.05) is 13.8 Å². The van der Waals surface area contributed by atoms with Crippen molar-refractivity contribution >= 4 is 5.91 Å². The molecule has 82 valence electrons. The van der Waals surface area contributed by atoms with Crippen molar-refractivity contribution < 1.29 is 14.3 Å². The van der Waals surface area contributed by atoms with Crippen LogP contribution in [-0.2, 0) is 14.3 Å². The molecule has 1 amide bonds. The zero-order valence-corrected chi connectivity index (χ0v) is 8.91. The molecule has 0 unspecified atom stereocenters. The van der Waals surface area contributed by atoms with Crippen LogP contribution >= 0.6 is 0 Å². The summed E-state index contributed by atoms with van der Waals surface area (Å²) in [5.74, 6) is -0.0858. The number of amides is 1. The first-order valence-electron chi connectivity index (χ1n) is 4.77. The molecule has 0 radical (unpaired) electrons. The zero-order chi connectivity index (χ0) is 10.8. The maximum atomic E-state index is 11.1. The van der Waals surface area contributed by atoms with Gasteiger partial charge in [-0.15, -0.1) is 0 Å². The Morgan fingerprint density at radius 3 is 2.86 bits per heavy atom. The van der Waals surface area contributed by atoms with Crippen LogP contribution in [0, 0.1) is 0 Å². The predicted molar refractivity (Wildman–Crippen MR) is 54.9 cm³/mol. The number of hydrogen-bond acceptors (Lipinski definition) is 3. The highest BCUT2D eigenvalue weighted by Gasteiger charge is 2.01. The molecule has 4 nitrogen and oxygen atoms in total. The van der Waals surface area contributed by atoms with Gasteiger partial charge < -0.3 is 14.8 Å². The molecule has 0 heterocycles. The molecule has 14 heavy (non-hydrogen) atoms. The summed E-state index contributed by atoms with van der Waals surface area (Å²) in [6.45, 7) is 8.51. The van der Waals surface area contributed by atoms with Crippen molar-refractivity contribution in [2.24, 2.45) is 0 Å². The van der Waals surface area contributed by atoms with Gasteiger partial charge in [0.1, 0.15) is 6.61 Å². The van der Waals surface area contributed by atoms with E-state index >= 15 is 0 Å². The lowest BCUT2D eigenvalue weighted by Gasteiger charge is -2.08. The Morgan fingerprint density at radius 1 is 1.57 bits per heavy atom. The lowest BCUT2D eigenvalue weighted by atomic mass is 10.4. The number of rotatable bonds is 8. The minimum absolute atomic E-state index is 0.0858. The predicted octanol–water partition coefficient (Wildman–Crippen LogP) is 1.08. The molecule has 1 N–H and O–H groups in total. The van der Waals surface area contributed by atoms with Crippen molar-refractivity contribution in [3.8, 4) is 0 Å². The summed E-state index contributed by atoms with van der Waals surface area (Å²) in [6.07, 6.45) is 2.26. The molecule has 0 aliphatic rings. The highest BCUT2D eigenvalue weighted by molar-refractivity contribution is 5.77. The fraction of sp³-hybridized carbons (Fsp3) is 0.700. The van der Waals surface area contributed by atoms with Gasteiger partial charge in [-0.3, -0.25) is 4.79 Å². The molecular weight excluding hydrogens is 182 g/mol. The third-order valence-electron chi connectivity index (χ3n) is 1.43. The number of ether oxygens (including phenoxy) is 2. The molecule has 0 bridgehead atoms. The van der Waals surface area contributed by atoms with Gasteiger partial charge in [-0.1, -0.05) is 6.58 Å². The summed E-state index contributed by atoms with van der Waals surface area (Å²) in [4.78, 5) is 11.1. The number of nitrogens with one attached hydrogen (secondary N) is 1. The van der Waals surface area contributed by atoms with Crippen molar-refractivity contribution in [2.45, 2.75) is 26.4 Å². The van der Waals surface area contributed by atoms with Crippen molar-refractivity contribution in [3.05, 3.63) is 12.8 Å². The van der Waals surface area contributed by atoms with Crippen LogP contribution in [0.2, 0.25) is 0 Å². The largest absolute Gasteiger partial charge is 0.502 e. The van der Waals surface area contributed by atoms with E-state index in [4.69, 9.17) is 9.47 Å². The van der Waals surface area contributed by atoms with E-state index in [9.17, 15) is 4.79 Å². The molecule has 0 saturated heterocycles. The van der Waals surface area contributed by atoms with Crippen molar-refractivity contribution in [1.29, 1.82) is 0 Å². The van der Waals surface area contributed by atoms with Crippen molar-refractivity contribution in [1.82, 2.24) is 5.32 Å². The van der Waals surface area contributed by atoms with Crippen LogP contribution in [-0.4, -0.2) is 31.8 Å². The molecule has 0 saturated carbocycles. The van der Waals surface area contributed by atoms with E-state index in [0.29, 0.717) is 13.2 Å². The lowest BCUT2D eigenvalue weighted by Crippen LogP contribution is -2.30. The number of carbonyl (C=O) groups is 1. The van der Waals surface area contributed by atoms with E-state index in [0.717, 1.165) is 6.42 Å². The summed E-state index contributed by atoms with van der Waals surface area (Å²) in [7, 11) is 0. The van der Waals surface area contributed by atoms with Crippen LogP contribution in [0.1, 0.15) is 20.3 Å². The number of carbonyl (C=O) groups excluding carboxylic acids is 1. The molecule has 0 atom stereocenters. The standard InChI is InChI=1S/C10H19NO3/c1-4-13-7-5-6-11-10(12)8-14-9(2)3/h4,9H,1,5-8H2,2-3H3,(H,11,12). The van der Waals surface area contributed by atoms with Crippen molar-refractivity contribution in [3.63, 3.8) is 0 Å². The van der Waals surface area contributed by atoms with Gasteiger partial charge in [-0.25, -0.2) is 0 Å². The molecule has 0 rings (SSSR count). The van der Waals surface area contributed by atoms with Gasteiger partial charge in [0.2, 0.25) is 5.91 Å². The second kappa shape index (κ2) is 8.56. The Hall–Kier alpha value is -1.03. The Balaban J connectivity index is 3.22. The maximum absolute atomic E-state index is 11.1. The van der Waals surface area contributed by atoms with Gasteiger partial charge in [0, 0.05) is 6.54 Å². The first kappa shape index (κ1) is 13.0. The molecule has 0 aliphatic carbocycles. The lowest BCUT2D eigenvalue weighted by molar-refractivity contribution is -0.127. The van der Waals surface area contributed by atoms with Crippen LogP contribution in [0.15, 0.2) is 12.8 Å². The van der Waals surface area contributed by atoms with Crippen LogP contribution in [0.3, 0.4) is 0 Å². The van der Waals surface area contributed by atoms with Gasteiger partial charge in [0.05, 0.1) is 19.0 Å². The summed E-state index contributed by atoms with van der Waals surface area (Å²) < 4.78 is 10.0. The van der Waals surface area contributed by atoms with Gasteiger partial charge >= 0.3 is 0 Å². The Morgan fingerprint density at radius 2 is 2.29 bits per heavy atom. The molecule has 0 aromatic carbocycles. The topological polar surface area (TPSA) is 47.6 Å². The molecule has 4 heteroatoms. The van der Waals surface area contributed by atoms with Gasteiger partial charge in [0.15, 0.2) is 0 Å². The van der Waals surface area contributed by atoms with E-state index in [1.54, 1.807) is 0 Å². The van der Waals surface area contributed by atoms with Crippen LogP contribution < -0.4 is 5.32 Å². The van der Waals surface area contributed by atoms with Gasteiger partial charge in [-0.2, -0.15) is 0 Å². The van der Waals surface area contributed by atoms with Gasteiger partial charge in [0.25, 0.3) is 0 Å². The zero-order valence-electron chi connectivity index (χ0n) is 8.91. The molecule has 0 spiro atoms. The Labute approximate surface area is 85.3 Å². The first-order valence-corrected chi connectivity index (χ1v) is 4.77. The molecule has 0 aliphatic heterocycles. The second-order valence-corrected chi connectivity index (χ2v) is 3.10. The SMILES string of the molecule is C=COCCCNC(=O)COC(C)C. The second-order valence-electron chi connectivity index (χ2n) is 3.10. The van der Waals surface area contributed by atoms with Crippen LogP contribution in [0.5, 0.6) is 0 Å². The average Bonchev–Trinajstić information content (AvgIpc) is 2.14. The molecule has 0 aromatic rings. The third-order valence-corrected chi connectivity index (χ3v) is 1.43. The average molecular weight is 201 g/mol. The minimum Gasteiger partial charge on any atom is -0.502 e. The fourth-order valence-corrected chi connectivity index (χ4v) is 0.760. The maximum Gasteiger partial charge on any atom is 0.246 e. The Kier molecular flexibility index (Phi) is 7.93. The number of hydrogen-bond donors (Lipinski definition) is 1. The molecule has 0 aromatic heterocycles. The Bertz CT molecular complexity index is 169. The first-order chi connectivity index (χ1) is 6.66. The molecule has 0 fully saturated rings. The smallest absolute Gasteiger partial charge is 0.246 e. The van der Waals surface area contributed by atoms with E-state index in [1.165, 1.54) is 6.26 Å². The van der Waals surface area contributed by atoms with E-state index < -0.39 is 0 Å². The van der Waals surface area contributed by atoms with Crippen LogP contribution in [0.25, 0.3) is 0 Å².